The highest BCUT2D eigenvalue weighted by atomic mass is 16.5. The van der Waals surface area contributed by atoms with E-state index < -0.39 is 0 Å². The molecular formula is C11H17NO3. The van der Waals surface area contributed by atoms with Gasteiger partial charge in [0, 0.05) is 25.9 Å². The maximum Gasteiger partial charge on any atom is 0.228 e. The Bertz CT molecular complexity index is 267. The Kier molecular flexibility index (Phi) is 3.05. The second kappa shape index (κ2) is 4.31. The molecule has 2 atom stereocenters. The van der Waals surface area contributed by atoms with E-state index >= 15 is 0 Å². The summed E-state index contributed by atoms with van der Waals surface area (Å²) in [5.74, 6) is 0.468. The van der Waals surface area contributed by atoms with Crippen LogP contribution in [0.3, 0.4) is 0 Å². The summed E-state index contributed by atoms with van der Waals surface area (Å²) < 4.78 is 5.38. The number of hydrogen-bond donors (Lipinski definition) is 0. The van der Waals surface area contributed by atoms with Gasteiger partial charge in [0.05, 0.1) is 18.6 Å². The van der Waals surface area contributed by atoms with E-state index in [0.29, 0.717) is 32.5 Å². The summed E-state index contributed by atoms with van der Waals surface area (Å²) in [5.41, 5.74) is 0. The number of hydrogen-bond acceptors (Lipinski definition) is 3. The number of carbonyl (C=O) groups excluding carboxylic acids is 2. The zero-order valence-corrected chi connectivity index (χ0v) is 9.07. The minimum atomic E-state index is 0.0215. The van der Waals surface area contributed by atoms with Gasteiger partial charge >= 0.3 is 0 Å². The minimum Gasteiger partial charge on any atom is -0.378 e. The molecule has 0 radical (unpaired) electrons. The average molecular weight is 211 g/mol. The number of carbonyl (C=O) groups is 2. The summed E-state index contributed by atoms with van der Waals surface area (Å²) in [6.07, 6.45) is 2.07. The van der Waals surface area contributed by atoms with Crippen molar-refractivity contribution in [2.75, 3.05) is 19.7 Å². The topological polar surface area (TPSA) is 46.6 Å². The van der Waals surface area contributed by atoms with Gasteiger partial charge in [-0.15, -0.1) is 0 Å². The molecule has 0 spiro atoms. The van der Waals surface area contributed by atoms with Crippen LogP contribution in [0.2, 0.25) is 0 Å². The SMILES string of the molecule is CC1CC(C(=O)N2CCC(=O)CC2)CO1. The average Bonchev–Trinajstić information content (AvgIpc) is 2.65. The second-order valence-corrected chi connectivity index (χ2v) is 4.44. The van der Waals surface area contributed by atoms with Gasteiger partial charge in [-0.25, -0.2) is 0 Å². The lowest BCUT2D eigenvalue weighted by molar-refractivity contribution is -0.138. The predicted molar refractivity (Wildman–Crippen MR) is 54.3 cm³/mol. The highest BCUT2D eigenvalue weighted by Crippen LogP contribution is 2.22. The maximum absolute atomic E-state index is 12.0. The summed E-state index contributed by atoms with van der Waals surface area (Å²) in [6.45, 7) is 3.74. The number of nitrogens with zero attached hydrogens (tertiary/aromatic N) is 1. The molecule has 0 saturated carbocycles. The van der Waals surface area contributed by atoms with Crippen LogP contribution in [0.5, 0.6) is 0 Å². The van der Waals surface area contributed by atoms with Crippen LogP contribution in [0.1, 0.15) is 26.2 Å². The lowest BCUT2D eigenvalue weighted by Crippen LogP contribution is -2.42. The molecule has 2 heterocycles. The summed E-state index contributed by atoms with van der Waals surface area (Å²) >= 11 is 0. The molecule has 2 unspecified atom stereocenters. The number of amides is 1. The Balaban J connectivity index is 1.88. The quantitative estimate of drug-likeness (QED) is 0.638. The largest absolute Gasteiger partial charge is 0.378 e. The normalized spacial score (nSPS) is 32.1. The summed E-state index contributed by atoms with van der Waals surface area (Å²) in [4.78, 5) is 24.8. The van der Waals surface area contributed by atoms with Crippen LogP contribution >= 0.6 is 0 Å². The van der Waals surface area contributed by atoms with Crippen molar-refractivity contribution < 1.29 is 14.3 Å². The van der Waals surface area contributed by atoms with Gasteiger partial charge in [-0.1, -0.05) is 0 Å². The Morgan fingerprint density at radius 1 is 1.40 bits per heavy atom. The molecular weight excluding hydrogens is 194 g/mol. The molecule has 2 aliphatic heterocycles. The minimum absolute atomic E-state index is 0.0215. The molecule has 84 valence electrons. The summed E-state index contributed by atoms with van der Waals surface area (Å²) in [5, 5.41) is 0. The van der Waals surface area contributed by atoms with Gasteiger partial charge in [-0.3, -0.25) is 9.59 Å². The Labute approximate surface area is 89.6 Å². The van der Waals surface area contributed by atoms with E-state index in [1.807, 2.05) is 11.8 Å². The van der Waals surface area contributed by atoms with Crippen LogP contribution in [0.25, 0.3) is 0 Å². The van der Waals surface area contributed by atoms with Gasteiger partial charge in [-0.05, 0) is 13.3 Å². The first-order valence-electron chi connectivity index (χ1n) is 5.59. The molecule has 1 amide bonds. The van der Waals surface area contributed by atoms with E-state index in [-0.39, 0.29) is 23.7 Å². The molecule has 0 N–H and O–H groups in total. The Morgan fingerprint density at radius 3 is 2.60 bits per heavy atom. The van der Waals surface area contributed by atoms with E-state index in [1.54, 1.807) is 0 Å². The molecule has 0 aromatic rings. The first-order chi connectivity index (χ1) is 7.16. The molecule has 2 rings (SSSR count). The van der Waals surface area contributed by atoms with Crippen molar-refractivity contribution in [2.45, 2.75) is 32.3 Å². The van der Waals surface area contributed by atoms with E-state index in [9.17, 15) is 9.59 Å². The van der Waals surface area contributed by atoms with Gasteiger partial charge < -0.3 is 9.64 Å². The zero-order valence-electron chi connectivity index (χ0n) is 9.07. The van der Waals surface area contributed by atoms with Crippen LogP contribution in [0.4, 0.5) is 0 Å². The van der Waals surface area contributed by atoms with Crippen molar-refractivity contribution in [3.8, 4) is 0 Å². The van der Waals surface area contributed by atoms with Crippen molar-refractivity contribution in [1.82, 2.24) is 4.90 Å². The summed E-state index contributed by atoms with van der Waals surface area (Å²) in [7, 11) is 0. The molecule has 0 bridgehead atoms. The van der Waals surface area contributed by atoms with Gasteiger partial charge in [0.25, 0.3) is 0 Å². The van der Waals surface area contributed by atoms with Gasteiger partial charge in [0.15, 0.2) is 0 Å². The van der Waals surface area contributed by atoms with Crippen LogP contribution in [-0.2, 0) is 14.3 Å². The maximum atomic E-state index is 12.0. The predicted octanol–water partition coefficient (Wildman–Crippen LogP) is 0.603. The van der Waals surface area contributed by atoms with Crippen LogP contribution in [0.15, 0.2) is 0 Å². The second-order valence-electron chi connectivity index (χ2n) is 4.44. The number of Topliss-reactive ketones (excluding diaryl/α,β-unsaturated/α-hetero) is 1. The van der Waals surface area contributed by atoms with Crippen molar-refractivity contribution in [3.63, 3.8) is 0 Å². The molecule has 2 saturated heterocycles. The number of ether oxygens (including phenoxy) is 1. The number of piperidine rings is 1. The number of ketones is 1. The number of likely N-dealkylation sites (tertiary alicyclic amines) is 1. The monoisotopic (exact) mass is 211 g/mol. The Morgan fingerprint density at radius 2 is 2.07 bits per heavy atom. The van der Waals surface area contributed by atoms with E-state index in [2.05, 4.69) is 0 Å². The van der Waals surface area contributed by atoms with Crippen LogP contribution in [-0.4, -0.2) is 42.4 Å². The Hall–Kier alpha value is -0.900. The smallest absolute Gasteiger partial charge is 0.228 e. The highest BCUT2D eigenvalue weighted by Gasteiger charge is 2.32. The van der Waals surface area contributed by atoms with Crippen molar-refractivity contribution >= 4 is 11.7 Å². The fourth-order valence-corrected chi connectivity index (χ4v) is 2.22. The first-order valence-corrected chi connectivity index (χ1v) is 5.59. The lowest BCUT2D eigenvalue weighted by Gasteiger charge is -2.28. The van der Waals surface area contributed by atoms with E-state index in [0.717, 1.165) is 6.42 Å². The van der Waals surface area contributed by atoms with Gasteiger partial charge in [0.2, 0.25) is 5.91 Å². The zero-order chi connectivity index (χ0) is 10.8. The molecule has 2 aliphatic rings. The van der Waals surface area contributed by atoms with E-state index in [4.69, 9.17) is 4.74 Å². The third kappa shape index (κ3) is 2.37. The fourth-order valence-electron chi connectivity index (χ4n) is 2.22. The summed E-state index contributed by atoms with van der Waals surface area (Å²) in [6, 6.07) is 0. The first kappa shape index (κ1) is 10.6. The van der Waals surface area contributed by atoms with Crippen LogP contribution in [0, 0.1) is 5.92 Å². The van der Waals surface area contributed by atoms with Crippen molar-refractivity contribution in [3.05, 3.63) is 0 Å². The molecule has 2 fully saturated rings. The van der Waals surface area contributed by atoms with Crippen LogP contribution < -0.4 is 0 Å². The highest BCUT2D eigenvalue weighted by molar-refractivity contribution is 5.84. The molecule has 0 aromatic carbocycles. The number of rotatable bonds is 1. The molecule has 0 aromatic heterocycles. The molecule has 15 heavy (non-hydrogen) atoms. The van der Waals surface area contributed by atoms with Gasteiger partial charge in [0.1, 0.15) is 5.78 Å². The molecule has 0 aliphatic carbocycles. The fraction of sp³-hybridized carbons (Fsp3) is 0.818. The van der Waals surface area contributed by atoms with Crippen molar-refractivity contribution in [2.24, 2.45) is 5.92 Å². The van der Waals surface area contributed by atoms with Crippen molar-refractivity contribution in [1.29, 1.82) is 0 Å². The standard InChI is InChI=1S/C11H17NO3/c1-8-6-9(7-15-8)11(14)12-4-2-10(13)3-5-12/h8-9H,2-7H2,1H3. The third-order valence-electron chi connectivity index (χ3n) is 3.18. The third-order valence-corrected chi connectivity index (χ3v) is 3.18. The lowest BCUT2D eigenvalue weighted by atomic mass is 10.0. The van der Waals surface area contributed by atoms with E-state index in [1.165, 1.54) is 0 Å². The molecule has 4 nitrogen and oxygen atoms in total. The molecule has 4 heteroatoms. The van der Waals surface area contributed by atoms with Gasteiger partial charge in [-0.2, -0.15) is 0 Å².